The fourth-order valence-corrected chi connectivity index (χ4v) is 5.74. The highest BCUT2D eigenvalue weighted by atomic mass is 16.2. The van der Waals surface area contributed by atoms with E-state index in [1.54, 1.807) is 0 Å². The lowest BCUT2D eigenvalue weighted by Gasteiger charge is -2.41. The fourth-order valence-electron chi connectivity index (χ4n) is 5.74. The monoisotopic (exact) mass is 465 g/mol. The highest BCUT2D eigenvalue weighted by molar-refractivity contribution is 6.15. The van der Waals surface area contributed by atoms with Crippen LogP contribution in [0.2, 0.25) is 0 Å². The van der Waals surface area contributed by atoms with Crippen molar-refractivity contribution < 1.29 is 4.79 Å². The Morgan fingerprint density at radius 2 is 1.91 bits per heavy atom. The first-order valence-electron chi connectivity index (χ1n) is 12.6. The molecule has 0 spiro atoms. The predicted molar refractivity (Wildman–Crippen MR) is 136 cm³/mol. The van der Waals surface area contributed by atoms with E-state index in [2.05, 4.69) is 50.1 Å². The van der Waals surface area contributed by atoms with E-state index in [4.69, 9.17) is 4.99 Å². The van der Waals surface area contributed by atoms with Gasteiger partial charge in [-0.1, -0.05) is 12.1 Å². The number of rotatable bonds is 4. The van der Waals surface area contributed by atoms with Gasteiger partial charge in [-0.2, -0.15) is 0 Å². The van der Waals surface area contributed by atoms with Crippen LogP contribution in [0, 0.1) is 13.8 Å². The van der Waals surface area contributed by atoms with E-state index in [9.17, 15) is 4.79 Å². The minimum atomic E-state index is 0.255. The quantitative estimate of drug-likeness (QED) is 0.585. The van der Waals surface area contributed by atoms with Gasteiger partial charge in [0.1, 0.15) is 0 Å². The number of fused-ring (bicyclic) bond motifs is 2. The Bertz CT molecular complexity index is 1310. The van der Waals surface area contributed by atoms with Crippen LogP contribution in [-0.2, 0) is 30.8 Å². The molecule has 6 rings (SSSR count). The molecule has 3 aliphatic heterocycles. The zero-order valence-electron chi connectivity index (χ0n) is 20.5. The number of hydrogen-bond donors (Lipinski definition) is 0. The highest BCUT2D eigenvalue weighted by Gasteiger charge is 2.33. The van der Waals surface area contributed by atoms with Gasteiger partial charge in [0.25, 0.3) is 0 Å². The number of likely N-dealkylation sites (tertiary alicyclic amines) is 1. The second kappa shape index (κ2) is 9.00. The van der Waals surface area contributed by atoms with Gasteiger partial charge in [0.15, 0.2) is 0 Å². The molecule has 6 nitrogen and oxygen atoms in total. The Hall–Kier alpha value is -3.38. The summed E-state index contributed by atoms with van der Waals surface area (Å²) in [5, 5.41) is 0. The molecule has 0 aliphatic carbocycles. The van der Waals surface area contributed by atoms with E-state index < -0.39 is 0 Å². The van der Waals surface area contributed by atoms with Gasteiger partial charge in [0.2, 0.25) is 5.91 Å². The van der Waals surface area contributed by atoms with Crippen LogP contribution in [0.25, 0.3) is 0 Å². The molecule has 1 amide bonds. The predicted octanol–water partition coefficient (Wildman–Crippen LogP) is 3.99. The summed E-state index contributed by atoms with van der Waals surface area (Å²) in [7, 11) is 0. The maximum Gasteiger partial charge on any atom is 0.227 e. The van der Waals surface area contributed by atoms with Gasteiger partial charge in [-0.3, -0.25) is 24.7 Å². The van der Waals surface area contributed by atoms with Crippen molar-refractivity contribution in [2.24, 2.45) is 4.99 Å². The van der Waals surface area contributed by atoms with E-state index in [0.29, 0.717) is 19.5 Å². The number of nitrogens with zero attached hydrogens (tertiary/aromatic N) is 5. The number of aryl methyl sites for hydroxylation is 2. The van der Waals surface area contributed by atoms with Crippen molar-refractivity contribution in [2.75, 3.05) is 13.1 Å². The summed E-state index contributed by atoms with van der Waals surface area (Å²) in [6.45, 7) is 8.28. The molecule has 6 heteroatoms. The summed E-state index contributed by atoms with van der Waals surface area (Å²) in [5.41, 5.74) is 10.3. The SMILES string of the molecule is Cc1ccc(CN2CCC[C@@H](N3Cc4cc5c(cc4CC3=O)CN=C5c3ccnc(C)c3)C2)cn1. The number of benzene rings is 1. The minimum absolute atomic E-state index is 0.255. The van der Waals surface area contributed by atoms with Crippen LogP contribution in [0.1, 0.15) is 57.6 Å². The third kappa shape index (κ3) is 4.39. The molecule has 3 aromatic rings. The van der Waals surface area contributed by atoms with E-state index in [1.165, 1.54) is 27.8 Å². The molecular formula is C29H31N5O. The Morgan fingerprint density at radius 1 is 1.00 bits per heavy atom. The Morgan fingerprint density at radius 3 is 2.74 bits per heavy atom. The molecule has 1 saturated heterocycles. The molecule has 0 unspecified atom stereocenters. The number of pyridine rings is 2. The third-order valence-electron chi connectivity index (χ3n) is 7.56. The van der Waals surface area contributed by atoms with Gasteiger partial charge >= 0.3 is 0 Å². The molecule has 0 saturated carbocycles. The molecule has 0 N–H and O–H groups in total. The molecule has 35 heavy (non-hydrogen) atoms. The number of carbonyl (C=O) groups excluding carboxylic acids is 1. The van der Waals surface area contributed by atoms with Crippen molar-refractivity contribution in [3.05, 3.63) is 93.6 Å². The van der Waals surface area contributed by atoms with E-state index in [1.807, 2.05) is 32.3 Å². The van der Waals surface area contributed by atoms with Gasteiger partial charge in [0.05, 0.1) is 18.7 Å². The molecule has 0 bridgehead atoms. The van der Waals surface area contributed by atoms with Gasteiger partial charge in [-0.15, -0.1) is 0 Å². The van der Waals surface area contributed by atoms with Crippen LogP contribution in [0.5, 0.6) is 0 Å². The molecular weight excluding hydrogens is 434 g/mol. The van der Waals surface area contributed by atoms with Gasteiger partial charge in [-0.05, 0) is 79.8 Å². The topological polar surface area (TPSA) is 61.7 Å². The summed E-state index contributed by atoms with van der Waals surface area (Å²) in [4.78, 5) is 31.5. The summed E-state index contributed by atoms with van der Waals surface area (Å²) in [6.07, 6.45) is 6.50. The van der Waals surface area contributed by atoms with Crippen molar-refractivity contribution in [1.29, 1.82) is 0 Å². The van der Waals surface area contributed by atoms with Crippen LogP contribution in [0.15, 0.2) is 53.8 Å². The first-order chi connectivity index (χ1) is 17.0. The molecule has 5 heterocycles. The maximum absolute atomic E-state index is 13.2. The smallest absolute Gasteiger partial charge is 0.227 e. The molecule has 178 valence electrons. The highest BCUT2D eigenvalue weighted by Crippen LogP contribution is 2.32. The first kappa shape index (κ1) is 22.1. The van der Waals surface area contributed by atoms with Crippen molar-refractivity contribution in [3.8, 4) is 0 Å². The first-order valence-corrected chi connectivity index (χ1v) is 12.6. The number of amides is 1. The van der Waals surface area contributed by atoms with E-state index in [-0.39, 0.29) is 11.9 Å². The second-order valence-electron chi connectivity index (χ2n) is 10.2. The number of carbonyl (C=O) groups is 1. The standard InChI is InChI=1S/C29H31N5O/c1-19-5-6-21(14-31-19)16-33-9-3-4-26(18-33)34-17-25-12-27-24(11-23(25)13-28(34)35)15-32-29(27)22-7-8-30-20(2)10-22/h5-8,10-12,14,26H,3-4,9,13,15-18H2,1-2H3/t26-/m1/s1. The molecule has 2 aromatic heterocycles. The lowest BCUT2D eigenvalue weighted by molar-refractivity contribution is -0.135. The average molecular weight is 466 g/mol. The van der Waals surface area contributed by atoms with Gasteiger partial charge < -0.3 is 4.90 Å². The summed E-state index contributed by atoms with van der Waals surface area (Å²) < 4.78 is 0. The molecule has 1 atom stereocenters. The summed E-state index contributed by atoms with van der Waals surface area (Å²) in [5.74, 6) is 0.255. The average Bonchev–Trinajstić information content (AvgIpc) is 3.26. The lowest BCUT2D eigenvalue weighted by Crippen LogP contribution is -2.51. The number of piperidine rings is 1. The van der Waals surface area contributed by atoms with Crippen molar-refractivity contribution in [3.63, 3.8) is 0 Å². The lowest BCUT2D eigenvalue weighted by atomic mass is 9.90. The number of aromatic nitrogens is 2. The molecule has 1 aromatic carbocycles. The Balaban J connectivity index is 1.21. The fraction of sp³-hybridized carbons (Fsp3) is 0.379. The Kier molecular flexibility index (Phi) is 5.69. The normalized spacial score (nSPS) is 19.9. The second-order valence-corrected chi connectivity index (χ2v) is 10.2. The van der Waals surface area contributed by atoms with Crippen LogP contribution in [0.3, 0.4) is 0 Å². The summed E-state index contributed by atoms with van der Waals surface area (Å²) >= 11 is 0. The molecule has 3 aliphatic rings. The van der Waals surface area contributed by atoms with Crippen molar-refractivity contribution in [2.45, 2.75) is 58.8 Å². The van der Waals surface area contributed by atoms with Crippen LogP contribution >= 0.6 is 0 Å². The minimum Gasteiger partial charge on any atom is -0.334 e. The third-order valence-corrected chi connectivity index (χ3v) is 7.56. The Labute approximate surface area is 206 Å². The van der Waals surface area contributed by atoms with E-state index in [0.717, 1.165) is 55.1 Å². The van der Waals surface area contributed by atoms with E-state index >= 15 is 0 Å². The van der Waals surface area contributed by atoms with Gasteiger partial charge in [-0.25, -0.2) is 0 Å². The summed E-state index contributed by atoms with van der Waals surface area (Å²) in [6, 6.07) is 13.2. The number of hydrogen-bond acceptors (Lipinski definition) is 5. The molecule has 1 fully saturated rings. The molecule has 0 radical (unpaired) electrons. The zero-order valence-corrected chi connectivity index (χ0v) is 20.5. The largest absolute Gasteiger partial charge is 0.334 e. The van der Waals surface area contributed by atoms with Crippen LogP contribution in [0.4, 0.5) is 0 Å². The van der Waals surface area contributed by atoms with Crippen molar-refractivity contribution in [1.82, 2.24) is 19.8 Å². The van der Waals surface area contributed by atoms with Crippen LogP contribution in [-0.4, -0.2) is 50.5 Å². The van der Waals surface area contributed by atoms with Crippen LogP contribution < -0.4 is 0 Å². The van der Waals surface area contributed by atoms with Gasteiger partial charge in [0, 0.05) is 60.6 Å². The zero-order chi connectivity index (χ0) is 23.9. The van der Waals surface area contributed by atoms with Crippen molar-refractivity contribution >= 4 is 11.6 Å². The number of aliphatic imine (C=N–C) groups is 1. The maximum atomic E-state index is 13.2.